The van der Waals surface area contributed by atoms with Crippen molar-refractivity contribution in [2.24, 2.45) is 0 Å². The van der Waals surface area contributed by atoms with E-state index in [1.54, 1.807) is 0 Å². The maximum Gasteiger partial charge on any atom is 0.407 e. The average Bonchev–Trinajstić information content (AvgIpc) is 3.15. The molecule has 11 nitrogen and oxygen atoms in total. The first kappa shape index (κ1) is 36.9. The molecule has 3 aromatic carbocycles. The van der Waals surface area contributed by atoms with Gasteiger partial charge >= 0.3 is 6.09 Å². The summed E-state index contributed by atoms with van der Waals surface area (Å²) in [6.45, 7) is 7.60. The predicted molar refractivity (Wildman–Crippen MR) is 204 cm³/mol. The molecule has 52 heavy (non-hydrogen) atoms. The van der Waals surface area contributed by atoms with Crippen molar-refractivity contribution in [1.82, 2.24) is 10.6 Å². The molecule has 0 bridgehead atoms. The molecule has 1 aliphatic carbocycles. The van der Waals surface area contributed by atoms with E-state index in [-0.39, 0.29) is 48.6 Å². The number of anilines is 4. The number of nitrogens with one attached hydrogen (secondary N) is 4. The van der Waals surface area contributed by atoms with Crippen molar-refractivity contribution < 1.29 is 23.9 Å². The summed E-state index contributed by atoms with van der Waals surface area (Å²) >= 11 is 0. The van der Waals surface area contributed by atoms with Gasteiger partial charge in [0.2, 0.25) is 11.8 Å². The second-order valence-electron chi connectivity index (χ2n) is 14.3. The van der Waals surface area contributed by atoms with Crippen molar-refractivity contribution in [3.05, 3.63) is 83.9 Å². The molecule has 0 saturated heterocycles. The van der Waals surface area contributed by atoms with E-state index in [2.05, 4.69) is 47.2 Å². The van der Waals surface area contributed by atoms with Crippen LogP contribution >= 0.6 is 0 Å². The van der Waals surface area contributed by atoms with E-state index in [1.807, 2.05) is 84.3 Å². The number of ether oxygens (including phenoxy) is 1. The predicted octanol–water partition coefficient (Wildman–Crippen LogP) is 7.22. The quantitative estimate of drug-likeness (QED) is 0.175. The fourth-order valence-electron chi connectivity index (χ4n) is 8.10. The Morgan fingerprint density at radius 2 is 1.17 bits per heavy atom. The number of para-hydroxylation sites is 2. The summed E-state index contributed by atoms with van der Waals surface area (Å²) in [6, 6.07) is 24.3. The van der Waals surface area contributed by atoms with Crippen LogP contribution in [-0.2, 0) is 19.1 Å². The number of carbonyl (C=O) groups is 4. The fourth-order valence-corrected chi connectivity index (χ4v) is 8.10. The number of nitrogens with zero attached hydrogens (tertiary/aromatic N) is 2. The Hall–Kier alpha value is -4.90. The first-order chi connectivity index (χ1) is 25.1. The maximum absolute atomic E-state index is 12.7. The highest BCUT2D eigenvalue weighted by atomic mass is 16.6. The minimum absolute atomic E-state index is 0.0155. The van der Waals surface area contributed by atoms with Gasteiger partial charge in [-0.1, -0.05) is 50.2 Å². The molecule has 2 heterocycles. The van der Waals surface area contributed by atoms with Crippen LogP contribution < -0.4 is 31.1 Å². The fraction of sp³-hybridized carbons (Fsp3) is 0.463. The number of hydrogen-bond acceptors (Lipinski definition) is 7. The second-order valence-corrected chi connectivity index (χ2v) is 14.3. The number of alkyl carbamates (subject to hydrolysis) is 1. The monoisotopic (exact) mass is 708 g/mol. The summed E-state index contributed by atoms with van der Waals surface area (Å²) in [4.78, 5) is 54.4. The van der Waals surface area contributed by atoms with Gasteiger partial charge in [-0.05, 0) is 99.9 Å². The van der Waals surface area contributed by atoms with E-state index < -0.39 is 12.0 Å². The molecule has 4 atom stereocenters. The van der Waals surface area contributed by atoms with E-state index >= 15 is 0 Å². The Morgan fingerprint density at radius 1 is 0.673 bits per heavy atom. The van der Waals surface area contributed by atoms with Crippen LogP contribution in [0.5, 0.6) is 0 Å². The molecule has 4 N–H and O–H groups in total. The molecule has 0 aromatic heterocycles. The lowest BCUT2D eigenvalue weighted by Crippen LogP contribution is -2.48. The molecular formula is C41H52N6O5. The topological polar surface area (TPSA) is 132 Å². The lowest BCUT2D eigenvalue weighted by atomic mass is 9.87. The summed E-state index contributed by atoms with van der Waals surface area (Å²) < 4.78 is 5.27. The minimum atomic E-state index is -0.594. The van der Waals surface area contributed by atoms with Gasteiger partial charge in [0.25, 0.3) is 5.91 Å². The van der Waals surface area contributed by atoms with Crippen LogP contribution in [0, 0.1) is 0 Å². The van der Waals surface area contributed by atoms with Gasteiger partial charge in [-0.3, -0.25) is 14.4 Å². The van der Waals surface area contributed by atoms with E-state index in [4.69, 9.17) is 4.74 Å². The zero-order chi connectivity index (χ0) is 36.8. The first-order valence-corrected chi connectivity index (χ1v) is 18.8. The van der Waals surface area contributed by atoms with Crippen LogP contribution in [0.2, 0.25) is 0 Å². The largest absolute Gasteiger partial charge is 0.439 e. The number of amides is 4. The zero-order valence-electron chi connectivity index (χ0n) is 30.7. The number of benzene rings is 3. The van der Waals surface area contributed by atoms with Gasteiger partial charge in [-0.15, -0.1) is 0 Å². The van der Waals surface area contributed by atoms with Gasteiger partial charge in [0, 0.05) is 65.8 Å². The lowest BCUT2D eigenvalue weighted by molar-refractivity contribution is -0.119. The third-order valence-corrected chi connectivity index (χ3v) is 10.7. The van der Waals surface area contributed by atoms with E-state index in [0.29, 0.717) is 24.6 Å². The van der Waals surface area contributed by atoms with Crippen molar-refractivity contribution in [2.75, 3.05) is 27.0 Å². The lowest BCUT2D eigenvalue weighted by Gasteiger charge is -2.41. The summed E-state index contributed by atoms with van der Waals surface area (Å²) in [5.74, 6) is -0.151. The summed E-state index contributed by atoms with van der Waals surface area (Å²) in [7, 11) is 0. The van der Waals surface area contributed by atoms with Gasteiger partial charge in [0.1, 0.15) is 0 Å². The van der Waals surface area contributed by atoms with Crippen LogP contribution in [0.1, 0.15) is 102 Å². The van der Waals surface area contributed by atoms with Crippen molar-refractivity contribution in [1.29, 1.82) is 0 Å². The first-order valence-electron chi connectivity index (χ1n) is 18.8. The second kappa shape index (κ2) is 16.6. The van der Waals surface area contributed by atoms with Crippen molar-refractivity contribution in [3.63, 3.8) is 0 Å². The SMILES string of the molecule is CCC(=O)N1c2ccccc2[C@H](Nc2ccc(NC(=O)COC(=O)NC3CCC(N[C@@H]4C[C@H](C)N(C(=O)CC)c5ccccc54)CC3)cc2)C[C@@H]1C. The Balaban J connectivity index is 0.926. The third-order valence-electron chi connectivity index (χ3n) is 10.7. The number of hydrogen-bond donors (Lipinski definition) is 4. The molecule has 0 unspecified atom stereocenters. The molecule has 11 heteroatoms. The van der Waals surface area contributed by atoms with Crippen LogP contribution in [0.3, 0.4) is 0 Å². The summed E-state index contributed by atoms with van der Waals surface area (Å²) in [5.41, 5.74) is 5.68. The highest BCUT2D eigenvalue weighted by Gasteiger charge is 2.35. The van der Waals surface area contributed by atoms with E-state index in [9.17, 15) is 19.2 Å². The van der Waals surface area contributed by atoms with Crippen LogP contribution in [-0.4, -0.2) is 54.6 Å². The zero-order valence-corrected chi connectivity index (χ0v) is 30.7. The van der Waals surface area contributed by atoms with Gasteiger partial charge in [-0.2, -0.15) is 0 Å². The van der Waals surface area contributed by atoms with Crippen molar-refractivity contribution in [3.8, 4) is 0 Å². The van der Waals surface area contributed by atoms with Crippen molar-refractivity contribution >= 4 is 46.6 Å². The van der Waals surface area contributed by atoms with Crippen LogP contribution in [0.25, 0.3) is 0 Å². The normalized spacial score (nSPS) is 23.8. The number of carbonyl (C=O) groups excluding carboxylic acids is 4. The Labute approximate surface area is 306 Å². The Bertz CT molecular complexity index is 1740. The Morgan fingerprint density at radius 3 is 1.75 bits per heavy atom. The molecule has 1 fully saturated rings. The highest BCUT2D eigenvalue weighted by molar-refractivity contribution is 5.96. The number of fused-ring (bicyclic) bond motifs is 2. The molecule has 276 valence electrons. The number of rotatable bonds is 10. The van der Waals surface area contributed by atoms with Gasteiger partial charge in [0.05, 0.1) is 6.04 Å². The molecule has 4 amide bonds. The summed E-state index contributed by atoms with van der Waals surface area (Å²) in [5, 5.41) is 13.2. The van der Waals surface area contributed by atoms with E-state index in [1.165, 1.54) is 0 Å². The molecule has 3 aromatic rings. The minimum Gasteiger partial charge on any atom is -0.439 e. The van der Waals surface area contributed by atoms with Gasteiger partial charge < -0.3 is 35.8 Å². The third kappa shape index (κ3) is 8.41. The smallest absolute Gasteiger partial charge is 0.407 e. The molecular weight excluding hydrogens is 656 g/mol. The molecule has 3 aliphatic rings. The molecule has 0 spiro atoms. The van der Waals surface area contributed by atoms with Gasteiger partial charge in [-0.25, -0.2) is 4.79 Å². The van der Waals surface area contributed by atoms with Gasteiger partial charge in [0.15, 0.2) is 6.61 Å². The molecule has 0 radical (unpaired) electrons. The average molecular weight is 709 g/mol. The Kier molecular flexibility index (Phi) is 11.8. The molecule has 6 rings (SSSR count). The maximum atomic E-state index is 12.7. The highest BCUT2D eigenvalue weighted by Crippen LogP contribution is 2.40. The molecule has 2 aliphatic heterocycles. The van der Waals surface area contributed by atoms with Crippen molar-refractivity contribution in [2.45, 2.75) is 115 Å². The standard InChI is InChI=1S/C41H52N6O5/c1-5-39(49)46-26(3)23-34(32-11-7-9-13-36(32)46)42-28-15-19-30(20-16-28)44-38(48)25-52-41(51)45-31-21-17-29(18-22-31)43-35-24-27(4)47(40(50)6-2)37-14-10-8-12-33(35)37/h7-16,19-20,26-27,29,31,34-35,42-43H,5-6,17-18,21-25H2,1-4H3,(H,44,48)(H,45,51)/t26-,27-,29?,31?,34+,35+/m0/s1. The van der Waals surface area contributed by atoms with Crippen LogP contribution in [0.4, 0.5) is 27.5 Å². The molecule has 1 saturated carbocycles. The summed E-state index contributed by atoms with van der Waals surface area (Å²) in [6.07, 6.45) is 5.41. The van der Waals surface area contributed by atoms with Crippen LogP contribution in [0.15, 0.2) is 72.8 Å². The van der Waals surface area contributed by atoms with E-state index in [0.717, 1.165) is 66.7 Å².